The van der Waals surface area contributed by atoms with Crippen molar-refractivity contribution in [2.24, 2.45) is 0 Å². The van der Waals surface area contributed by atoms with E-state index in [4.69, 9.17) is 9.15 Å². The van der Waals surface area contributed by atoms with E-state index in [2.05, 4.69) is 10.4 Å². The van der Waals surface area contributed by atoms with Crippen LogP contribution in [0.4, 0.5) is 0 Å². The van der Waals surface area contributed by atoms with Gasteiger partial charge in [-0.05, 0) is 31.2 Å². The van der Waals surface area contributed by atoms with Crippen molar-refractivity contribution >= 4 is 5.91 Å². The van der Waals surface area contributed by atoms with Crippen LogP contribution in [0.2, 0.25) is 0 Å². The Morgan fingerprint density at radius 2 is 2.04 bits per heavy atom. The fourth-order valence-electron chi connectivity index (χ4n) is 2.28. The quantitative estimate of drug-likeness (QED) is 0.769. The Hall–Kier alpha value is -3.35. The molecule has 1 aromatic carbocycles. The Labute approximate surface area is 143 Å². The molecule has 3 rings (SSSR count). The summed E-state index contributed by atoms with van der Waals surface area (Å²) in [7, 11) is 1.44. The van der Waals surface area contributed by atoms with Crippen LogP contribution in [0.1, 0.15) is 21.8 Å². The zero-order valence-corrected chi connectivity index (χ0v) is 13.9. The predicted molar refractivity (Wildman–Crippen MR) is 91.0 cm³/mol. The van der Waals surface area contributed by atoms with Gasteiger partial charge in [-0.1, -0.05) is 17.7 Å². The van der Waals surface area contributed by atoms with Crippen LogP contribution in [0.25, 0.3) is 5.69 Å². The maximum atomic E-state index is 12.3. The number of aryl methyl sites for hydroxylation is 1. The van der Waals surface area contributed by atoms with Gasteiger partial charge < -0.3 is 14.5 Å². The maximum absolute atomic E-state index is 12.3. The van der Waals surface area contributed by atoms with Gasteiger partial charge in [0.05, 0.1) is 31.7 Å². The fourth-order valence-corrected chi connectivity index (χ4v) is 2.28. The first-order valence-corrected chi connectivity index (χ1v) is 7.64. The molecule has 2 heterocycles. The average molecular weight is 339 g/mol. The SMILES string of the molecule is COc1cc(=O)c(C(=O)NCc2ccco2)nn1-c1ccc(C)cc1. The molecule has 0 atom stereocenters. The van der Waals surface area contributed by atoms with E-state index in [0.717, 1.165) is 5.56 Å². The van der Waals surface area contributed by atoms with E-state index in [1.165, 1.54) is 24.1 Å². The minimum atomic E-state index is -0.579. The van der Waals surface area contributed by atoms with E-state index in [1.54, 1.807) is 12.1 Å². The van der Waals surface area contributed by atoms with Crippen molar-refractivity contribution in [2.75, 3.05) is 7.11 Å². The van der Waals surface area contributed by atoms with Gasteiger partial charge in [0.1, 0.15) is 5.76 Å². The Morgan fingerprint density at radius 3 is 2.68 bits per heavy atom. The van der Waals surface area contributed by atoms with E-state index in [0.29, 0.717) is 11.4 Å². The number of nitrogens with zero attached hydrogens (tertiary/aromatic N) is 2. The summed E-state index contributed by atoms with van der Waals surface area (Å²) in [5.41, 5.74) is 1.03. The second-order valence-electron chi connectivity index (χ2n) is 5.41. The standard InChI is InChI=1S/C18H17N3O4/c1-12-5-7-13(8-6-12)21-16(24-2)10-15(22)17(20-21)18(23)19-11-14-4-3-9-25-14/h3-10H,11H2,1-2H3,(H,19,23). The number of carbonyl (C=O) groups excluding carboxylic acids is 1. The van der Waals surface area contributed by atoms with Crippen LogP contribution in [0, 0.1) is 6.92 Å². The lowest BCUT2D eigenvalue weighted by molar-refractivity contribution is 0.0939. The molecule has 7 heteroatoms. The van der Waals surface area contributed by atoms with Crippen LogP contribution in [0.3, 0.4) is 0 Å². The second kappa shape index (κ2) is 7.04. The average Bonchev–Trinajstić information content (AvgIpc) is 3.14. The van der Waals surface area contributed by atoms with Crippen molar-refractivity contribution in [3.8, 4) is 11.6 Å². The zero-order valence-electron chi connectivity index (χ0n) is 13.9. The highest BCUT2D eigenvalue weighted by molar-refractivity contribution is 5.92. The van der Waals surface area contributed by atoms with Crippen LogP contribution < -0.4 is 15.5 Å². The normalized spacial score (nSPS) is 10.5. The summed E-state index contributed by atoms with van der Waals surface area (Å²) in [4.78, 5) is 24.5. The fraction of sp³-hybridized carbons (Fsp3) is 0.167. The number of methoxy groups -OCH3 is 1. The molecule has 25 heavy (non-hydrogen) atoms. The molecule has 0 bridgehead atoms. The van der Waals surface area contributed by atoms with Crippen LogP contribution in [-0.4, -0.2) is 22.8 Å². The van der Waals surface area contributed by atoms with Crippen molar-refractivity contribution in [3.63, 3.8) is 0 Å². The second-order valence-corrected chi connectivity index (χ2v) is 5.41. The zero-order chi connectivity index (χ0) is 17.8. The number of nitrogens with one attached hydrogen (secondary N) is 1. The topological polar surface area (TPSA) is 86.4 Å². The molecule has 128 valence electrons. The van der Waals surface area contributed by atoms with Gasteiger partial charge in [0, 0.05) is 0 Å². The number of hydrogen-bond acceptors (Lipinski definition) is 5. The number of rotatable bonds is 5. The molecule has 1 N–H and O–H groups in total. The Morgan fingerprint density at radius 1 is 1.28 bits per heavy atom. The van der Waals surface area contributed by atoms with Crippen molar-refractivity contribution in [1.29, 1.82) is 0 Å². The summed E-state index contributed by atoms with van der Waals surface area (Å²) in [6.45, 7) is 2.14. The number of aromatic nitrogens is 2. The predicted octanol–water partition coefficient (Wildman–Crippen LogP) is 2.07. The Kier molecular flexibility index (Phi) is 4.65. The largest absolute Gasteiger partial charge is 0.481 e. The van der Waals surface area contributed by atoms with Crippen LogP contribution in [0.15, 0.2) is 57.9 Å². The van der Waals surface area contributed by atoms with Crippen molar-refractivity contribution in [3.05, 3.63) is 76.0 Å². The summed E-state index contributed by atoms with van der Waals surface area (Å²) in [5.74, 6) is 0.252. The molecule has 0 saturated carbocycles. The van der Waals surface area contributed by atoms with Gasteiger partial charge in [-0.15, -0.1) is 0 Å². The van der Waals surface area contributed by atoms with Crippen molar-refractivity contribution < 1.29 is 13.9 Å². The number of amides is 1. The molecule has 0 aliphatic heterocycles. The first-order chi connectivity index (χ1) is 12.1. The van der Waals surface area contributed by atoms with E-state index in [9.17, 15) is 9.59 Å². The van der Waals surface area contributed by atoms with E-state index in [-0.39, 0.29) is 18.1 Å². The number of benzene rings is 1. The van der Waals surface area contributed by atoms with Crippen LogP contribution >= 0.6 is 0 Å². The van der Waals surface area contributed by atoms with Gasteiger partial charge in [-0.25, -0.2) is 4.68 Å². The molecule has 0 aliphatic carbocycles. The van der Waals surface area contributed by atoms with Gasteiger partial charge in [0.2, 0.25) is 11.3 Å². The number of ether oxygens (including phenoxy) is 1. The molecule has 0 unspecified atom stereocenters. The monoisotopic (exact) mass is 339 g/mol. The highest BCUT2D eigenvalue weighted by Gasteiger charge is 2.17. The smallest absolute Gasteiger partial charge is 0.276 e. The van der Waals surface area contributed by atoms with Crippen molar-refractivity contribution in [2.45, 2.75) is 13.5 Å². The van der Waals surface area contributed by atoms with Crippen LogP contribution in [0.5, 0.6) is 5.88 Å². The van der Waals surface area contributed by atoms with Gasteiger partial charge in [0.15, 0.2) is 5.69 Å². The minimum absolute atomic E-state index is 0.170. The summed E-state index contributed by atoms with van der Waals surface area (Å²) in [5, 5.41) is 6.80. The number of carbonyl (C=O) groups is 1. The lowest BCUT2D eigenvalue weighted by atomic mass is 10.2. The van der Waals surface area contributed by atoms with Crippen molar-refractivity contribution in [1.82, 2.24) is 15.1 Å². The maximum Gasteiger partial charge on any atom is 0.276 e. The molecule has 1 amide bonds. The first-order valence-electron chi connectivity index (χ1n) is 7.64. The third-order valence-electron chi connectivity index (χ3n) is 3.60. The number of furan rings is 1. The molecule has 2 aromatic heterocycles. The summed E-state index contributed by atoms with van der Waals surface area (Å²) >= 11 is 0. The van der Waals surface area contributed by atoms with Gasteiger partial charge in [0.25, 0.3) is 5.91 Å². The minimum Gasteiger partial charge on any atom is -0.481 e. The molecule has 0 fully saturated rings. The molecular formula is C18H17N3O4. The lowest BCUT2D eigenvalue weighted by Crippen LogP contribution is -2.31. The highest BCUT2D eigenvalue weighted by Crippen LogP contribution is 2.15. The third-order valence-corrected chi connectivity index (χ3v) is 3.60. The highest BCUT2D eigenvalue weighted by atomic mass is 16.5. The molecule has 0 spiro atoms. The lowest BCUT2D eigenvalue weighted by Gasteiger charge is -2.12. The summed E-state index contributed by atoms with van der Waals surface area (Å²) < 4.78 is 11.8. The molecule has 7 nitrogen and oxygen atoms in total. The summed E-state index contributed by atoms with van der Waals surface area (Å²) in [6.07, 6.45) is 1.51. The van der Waals surface area contributed by atoms with Gasteiger partial charge in [-0.3, -0.25) is 9.59 Å². The Bertz CT molecular complexity index is 928. The van der Waals surface area contributed by atoms with E-state index in [1.807, 2.05) is 31.2 Å². The van der Waals surface area contributed by atoms with Gasteiger partial charge in [-0.2, -0.15) is 5.10 Å². The molecule has 0 aliphatic rings. The molecule has 0 radical (unpaired) electrons. The number of hydrogen-bond donors (Lipinski definition) is 1. The molecular weight excluding hydrogens is 322 g/mol. The van der Waals surface area contributed by atoms with E-state index >= 15 is 0 Å². The third kappa shape index (κ3) is 3.60. The molecule has 0 saturated heterocycles. The van der Waals surface area contributed by atoms with Crippen LogP contribution in [-0.2, 0) is 6.54 Å². The first kappa shape index (κ1) is 16.5. The molecule has 3 aromatic rings. The Balaban J connectivity index is 1.94. The summed E-state index contributed by atoms with van der Waals surface area (Å²) in [6, 6.07) is 12.2. The van der Waals surface area contributed by atoms with Gasteiger partial charge >= 0.3 is 0 Å². The van der Waals surface area contributed by atoms with E-state index < -0.39 is 11.3 Å².